The van der Waals surface area contributed by atoms with Gasteiger partial charge in [-0.05, 0) is 109 Å². The number of rotatable bonds is 53. The molecule has 0 N–H and O–H groups in total. The van der Waals surface area contributed by atoms with Crippen molar-refractivity contribution in [2.45, 2.75) is 264 Å². The predicted molar refractivity (Wildman–Crippen MR) is 320 cm³/mol. The Balaban J connectivity index is 4.22. The van der Waals surface area contributed by atoms with E-state index in [2.05, 4.69) is 142 Å². The van der Waals surface area contributed by atoms with Gasteiger partial charge in [-0.3, -0.25) is 14.4 Å². The van der Waals surface area contributed by atoms with Gasteiger partial charge < -0.3 is 14.2 Å². The molecule has 0 heterocycles. The van der Waals surface area contributed by atoms with Gasteiger partial charge in [0.15, 0.2) is 6.10 Å². The molecule has 418 valence electrons. The second-order valence-electron chi connectivity index (χ2n) is 19.5. The van der Waals surface area contributed by atoms with Gasteiger partial charge in [0.25, 0.3) is 0 Å². The molecular formula is C68H110O6. The molecule has 0 rings (SSSR count). The van der Waals surface area contributed by atoms with Gasteiger partial charge in [-0.2, -0.15) is 0 Å². The number of unbranched alkanes of at least 4 members (excludes halogenated alkanes) is 21. The van der Waals surface area contributed by atoms with E-state index in [9.17, 15) is 14.4 Å². The first-order chi connectivity index (χ1) is 36.5. The molecule has 0 saturated carbocycles. The Morgan fingerprint density at radius 2 is 0.568 bits per heavy atom. The molecular weight excluding hydrogens is 913 g/mol. The zero-order chi connectivity index (χ0) is 53.6. The third kappa shape index (κ3) is 58.4. The quantitative estimate of drug-likeness (QED) is 0.0261. The predicted octanol–water partition coefficient (Wildman–Crippen LogP) is 20.6. The molecule has 0 aliphatic heterocycles. The molecule has 0 aliphatic rings. The van der Waals surface area contributed by atoms with Gasteiger partial charge in [0.1, 0.15) is 13.2 Å². The smallest absolute Gasteiger partial charge is 0.310 e. The lowest BCUT2D eigenvalue weighted by Crippen LogP contribution is -2.30. The van der Waals surface area contributed by atoms with Crippen molar-refractivity contribution in [3.8, 4) is 0 Å². The van der Waals surface area contributed by atoms with Crippen LogP contribution in [-0.4, -0.2) is 37.2 Å². The van der Waals surface area contributed by atoms with Crippen LogP contribution in [0.4, 0.5) is 0 Å². The van der Waals surface area contributed by atoms with Crippen LogP contribution in [0.2, 0.25) is 0 Å². The molecule has 1 atom stereocenters. The van der Waals surface area contributed by atoms with E-state index in [4.69, 9.17) is 14.2 Å². The molecule has 0 aromatic rings. The van der Waals surface area contributed by atoms with E-state index in [-0.39, 0.29) is 31.6 Å². The van der Waals surface area contributed by atoms with Crippen molar-refractivity contribution in [1.82, 2.24) is 0 Å². The lowest BCUT2D eigenvalue weighted by atomic mass is 10.0. The van der Waals surface area contributed by atoms with E-state index in [0.29, 0.717) is 12.8 Å². The number of ether oxygens (including phenoxy) is 3. The molecule has 0 radical (unpaired) electrons. The lowest BCUT2D eigenvalue weighted by Gasteiger charge is -2.18. The first-order valence-electron chi connectivity index (χ1n) is 30.2. The molecule has 0 aromatic carbocycles. The van der Waals surface area contributed by atoms with E-state index < -0.39 is 12.1 Å². The number of hydrogen-bond donors (Lipinski definition) is 0. The van der Waals surface area contributed by atoms with Crippen LogP contribution in [-0.2, 0) is 28.6 Å². The second-order valence-corrected chi connectivity index (χ2v) is 19.5. The van der Waals surface area contributed by atoms with Crippen LogP contribution in [0, 0.1) is 0 Å². The van der Waals surface area contributed by atoms with Crippen LogP contribution in [0.15, 0.2) is 134 Å². The lowest BCUT2D eigenvalue weighted by molar-refractivity contribution is -0.166. The summed E-state index contributed by atoms with van der Waals surface area (Å²) < 4.78 is 16.7. The van der Waals surface area contributed by atoms with Gasteiger partial charge in [-0.15, -0.1) is 0 Å². The summed E-state index contributed by atoms with van der Waals surface area (Å²) in [5.74, 6) is -1.07. The molecule has 0 aromatic heterocycles. The average Bonchev–Trinajstić information content (AvgIpc) is 3.40. The minimum absolute atomic E-state index is 0.0919. The molecule has 0 aliphatic carbocycles. The summed E-state index contributed by atoms with van der Waals surface area (Å²) in [7, 11) is 0. The number of esters is 3. The fourth-order valence-electron chi connectivity index (χ4n) is 7.96. The Morgan fingerprint density at radius 1 is 0.297 bits per heavy atom. The van der Waals surface area contributed by atoms with E-state index in [1.807, 2.05) is 6.08 Å². The summed E-state index contributed by atoms with van der Waals surface area (Å²) in [6.45, 7) is 6.25. The van der Waals surface area contributed by atoms with Crippen LogP contribution < -0.4 is 0 Å². The van der Waals surface area contributed by atoms with E-state index in [1.54, 1.807) is 6.08 Å². The first-order valence-corrected chi connectivity index (χ1v) is 30.2. The van der Waals surface area contributed by atoms with Crippen molar-refractivity contribution in [3.05, 3.63) is 134 Å². The standard InChI is InChI=1S/C68H110O6/c1-4-7-10-13-16-19-22-24-26-27-28-29-30-31-32-33-34-35-36-37-38-39-40-41-43-44-46-49-52-55-58-61-67(70)73-64-65(63-72-66(69)60-57-54-51-48-21-18-15-12-9-6-3)74-68(71)62-59-56-53-50-47-45-42-25-23-20-17-14-11-8-5-2/h7-8,10-12,15-17,19-20,24-26,28-29,31-32,42,47,50,56,59,65H,4-6,9,13-14,18,21-23,27,30,33-41,43-46,48-49,51-55,57-58,60-64H2,1-3H3/b10-7-,11-8-,15-12-,19-16-,20-17-,26-24-,29-28-,32-31-,42-25-,50-47-,59-56-. The van der Waals surface area contributed by atoms with Crippen LogP contribution in [0.5, 0.6) is 0 Å². The van der Waals surface area contributed by atoms with Crippen molar-refractivity contribution < 1.29 is 28.6 Å². The van der Waals surface area contributed by atoms with Crippen molar-refractivity contribution in [2.75, 3.05) is 13.2 Å². The number of carbonyl (C=O) groups excluding carboxylic acids is 3. The third-order valence-electron chi connectivity index (χ3n) is 12.4. The van der Waals surface area contributed by atoms with Crippen LogP contribution in [0.3, 0.4) is 0 Å². The van der Waals surface area contributed by atoms with Crippen LogP contribution >= 0.6 is 0 Å². The highest BCUT2D eigenvalue weighted by Gasteiger charge is 2.19. The number of hydrogen-bond acceptors (Lipinski definition) is 6. The van der Waals surface area contributed by atoms with Crippen molar-refractivity contribution in [1.29, 1.82) is 0 Å². The molecule has 0 spiro atoms. The molecule has 1 unspecified atom stereocenters. The average molecular weight is 1020 g/mol. The number of allylic oxidation sites excluding steroid dienone is 21. The molecule has 74 heavy (non-hydrogen) atoms. The Morgan fingerprint density at radius 3 is 0.905 bits per heavy atom. The largest absolute Gasteiger partial charge is 0.462 e. The van der Waals surface area contributed by atoms with Crippen molar-refractivity contribution in [2.24, 2.45) is 0 Å². The summed E-state index contributed by atoms with van der Waals surface area (Å²) in [6.07, 6.45) is 86.4. The first kappa shape index (κ1) is 69.5. The van der Waals surface area contributed by atoms with Gasteiger partial charge in [-0.25, -0.2) is 0 Å². The number of carbonyl (C=O) groups is 3. The minimum Gasteiger partial charge on any atom is -0.462 e. The zero-order valence-electron chi connectivity index (χ0n) is 47.8. The fraction of sp³-hybridized carbons (Fsp3) is 0.632. The topological polar surface area (TPSA) is 78.9 Å². The molecule has 0 bridgehead atoms. The normalized spacial score (nSPS) is 13.1. The Kier molecular flexibility index (Phi) is 57.4. The summed E-state index contributed by atoms with van der Waals surface area (Å²) >= 11 is 0. The highest BCUT2D eigenvalue weighted by molar-refractivity contribution is 5.72. The summed E-state index contributed by atoms with van der Waals surface area (Å²) in [5.41, 5.74) is 0. The van der Waals surface area contributed by atoms with Gasteiger partial charge in [0, 0.05) is 12.8 Å². The second kappa shape index (κ2) is 61.1. The maximum absolute atomic E-state index is 12.8. The van der Waals surface area contributed by atoms with Crippen molar-refractivity contribution >= 4 is 17.9 Å². The fourth-order valence-corrected chi connectivity index (χ4v) is 7.96. The zero-order valence-corrected chi connectivity index (χ0v) is 47.8. The summed E-state index contributed by atoms with van der Waals surface area (Å²) in [5, 5.41) is 0. The van der Waals surface area contributed by atoms with Crippen molar-refractivity contribution in [3.63, 3.8) is 0 Å². The Bertz CT molecular complexity index is 1600. The Hall–Kier alpha value is -4.45. The van der Waals surface area contributed by atoms with Gasteiger partial charge in [-0.1, -0.05) is 264 Å². The molecule has 6 heteroatoms. The molecule has 0 fully saturated rings. The van der Waals surface area contributed by atoms with E-state index in [1.165, 1.54) is 96.3 Å². The van der Waals surface area contributed by atoms with E-state index >= 15 is 0 Å². The molecule has 6 nitrogen and oxygen atoms in total. The van der Waals surface area contributed by atoms with Gasteiger partial charge in [0.2, 0.25) is 0 Å². The minimum atomic E-state index is -0.838. The van der Waals surface area contributed by atoms with E-state index in [0.717, 1.165) is 122 Å². The molecule has 0 saturated heterocycles. The monoisotopic (exact) mass is 1020 g/mol. The van der Waals surface area contributed by atoms with Crippen LogP contribution in [0.25, 0.3) is 0 Å². The third-order valence-corrected chi connectivity index (χ3v) is 12.4. The highest BCUT2D eigenvalue weighted by Crippen LogP contribution is 2.15. The maximum atomic E-state index is 12.8. The SMILES string of the molecule is CC/C=C\C/C=C\C/C=C\C/C=C\C/C=C\CCCCCCCCCCCCCCCCCC(=O)OCC(COC(=O)CCCCCCC/C=C\CCC)OC(=O)C/C=C\C/C=C\C/C=C\C/C=C\C/C=C\CC. The maximum Gasteiger partial charge on any atom is 0.310 e. The van der Waals surface area contributed by atoms with Gasteiger partial charge in [0.05, 0.1) is 6.42 Å². The Labute approximate surface area is 455 Å². The van der Waals surface area contributed by atoms with Gasteiger partial charge >= 0.3 is 17.9 Å². The highest BCUT2D eigenvalue weighted by atomic mass is 16.6. The summed E-state index contributed by atoms with van der Waals surface area (Å²) in [6, 6.07) is 0. The van der Waals surface area contributed by atoms with Crippen LogP contribution in [0.1, 0.15) is 258 Å². The molecule has 0 amide bonds. The summed E-state index contributed by atoms with van der Waals surface area (Å²) in [4.78, 5) is 38.0.